The summed E-state index contributed by atoms with van der Waals surface area (Å²) in [5.74, 6) is 0.480. The maximum Gasteiger partial charge on any atom is 0.141 e. The van der Waals surface area contributed by atoms with Gasteiger partial charge in [-0.3, -0.25) is 10.4 Å². The number of aromatic nitrogens is 1. The van der Waals surface area contributed by atoms with Crippen molar-refractivity contribution in [2.24, 2.45) is 5.73 Å². The molecule has 0 atom stereocenters. The summed E-state index contributed by atoms with van der Waals surface area (Å²) < 4.78 is 5.63. The van der Waals surface area contributed by atoms with Gasteiger partial charge in [-0.15, -0.1) is 0 Å². The molecule has 0 aliphatic heterocycles. The van der Waals surface area contributed by atoms with Crippen LogP contribution in [0.25, 0.3) is 10.9 Å². The van der Waals surface area contributed by atoms with E-state index in [1.807, 2.05) is 24.3 Å². The van der Waals surface area contributed by atoms with E-state index in [9.17, 15) is 0 Å². The number of benzene rings is 1. The van der Waals surface area contributed by atoms with Crippen molar-refractivity contribution in [3.05, 3.63) is 36.0 Å². The summed E-state index contributed by atoms with van der Waals surface area (Å²) in [6, 6.07) is 7.52. The second-order valence-electron chi connectivity index (χ2n) is 3.86. The number of hydrogen-bond acceptors (Lipinski definition) is 4. The van der Waals surface area contributed by atoms with Gasteiger partial charge in [-0.25, -0.2) is 0 Å². The molecular formula is C13H15N3O2. The number of para-hydroxylation sites is 1. The molecule has 0 bridgehead atoms. The molecule has 0 aliphatic carbocycles. The fourth-order valence-corrected chi connectivity index (χ4v) is 1.70. The molecule has 0 amide bonds. The predicted octanol–water partition coefficient (Wildman–Crippen LogP) is 1.28. The van der Waals surface area contributed by atoms with E-state index in [2.05, 4.69) is 4.98 Å². The van der Waals surface area contributed by atoms with Crippen molar-refractivity contribution in [2.45, 2.75) is 6.42 Å². The van der Waals surface area contributed by atoms with Gasteiger partial charge in [0.05, 0.1) is 17.7 Å². The number of amidine groups is 1. The van der Waals surface area contributed by atoms with Gasteiger partial charge in [0, 0.05) is 24.6 Å². The lowest BCUT2D eigenvalue weighted by Crippen LogP contribution is -2.14. The Kier molecular flexibility index (Phi) is 3.74. The molecule has 4 N–H and O–H groups in total. The van der Waals surface area contributed by atoms with Gasteiger partial charge in [0.2, 0.25) is 0 Å². The zero-order valence-corrected chi connectivity index (χ0v) is 9.89. The lowest BCUT2D eigenvalue weighted by molar-refractivity contribution is 0.234. The van der Waals surface area contributed by atoms with Crippen molar-refractivity contribution in [1.29, 1.82) is 5.41 Å². The summed E-state index contributed by atoms with van der Waals surface area (Å²) in [4.78, 5) is 4.24. The maximum atomic E-state index is 8.78. The lowest BCUT2D eigenvalue weighted by Gasteiger charge is -2.12. The number of rotatable bonds is 5. The van der Waals surface area contributed by atoms with E-state index in [0.29, 0.717) is 24.3 Å². The largest absolute Gasteiger partial charge is 0.492 e. The van der Waals surface area contributed by atoms with Gasteiger partial charge < -0.3 is 15.6 Å². The molecule has 0 spiro atoms. The summed E-state index contributed by atoms with van der Waals surface area (Å²) in [7, 11) is 0. The van der Waals surface area contributed by atoms with Crippen molar-refractivity contribution < 1.29 is 9.84 Å². The Bertz CT molecular complexity index is 569. The summed E-state index contributed by atoms with van der Waals surface area (Å²) >= 11 is 0. The first-order chi connectivity index (χ1) is 8.74. The van der Waals surface area contributed by atoms with Gasteiger partial charge >= 0.3 is 0 Å². The van der Waals surface area contributed by atoms with Gasteiger partial charge in [-0.2, -0.15) is 0 Å². The average Bonchev–Trinajstić information content (AvgIpc) is 2.38. The fourth-order valence-electron chi connectivity index (χ4n) is 1.70. The highest BCUT2D eigenvalue weighted by atomic mass is 16.5. The molecule has 1 heterocycles. The van der Waals surface area contributed by atoms with Gasteiger partial charge in [0.25, 0.3) is 0 Å². The van der Waals surface area contributed by atoms with Crippen LogP contribution in [0.1, 0.15) is 12.0 Å². The Labute approximate surface area is 105 Å². The number of nitrogens with zero attached hydrogens (tertiary/aromatic N) is 1. The number of aliphatic hydroxyl groups excluding tert-OH is 1. The molecule has 0 saturated carbocycles. The van der Waals surface area contributed by atoms with Crippen LogP contribution in [-0.2, 0) is 0 Å². The van der Waals surface area contributed by atoms with Crippen molar-refractivity contribution in [3.8, 4) is 5.75 Å². The number of aliphatic hydroxyl groups is 1. The number of pyridine rings is 1. The second-order valence-corrected chi connectivity index (χ2v) is 3.86. The number of fused-ring (bicyclic) bond motifs is 1. The standard InChI is InChI=1S/C13H15N3O2/c14-13(15)10-8-16-11-5-2-1-4-9(11)12(10)18-7-3-6-17/h1-2,4-5,8,17H,3,6-7H2,(H3,14,15). The molecule has 1 aromatic carbocycles. The number of nitrogen functional groups attached to an aromatic ring is 1. The Hall–Kier alpha value is -2.14. The minimum Gasteiger partial charge on any atom is -0.492 e. The minimum absolute atomic E-state index is 0.0679. The molecule has 0 unspecified atom stereocenters. The maximum absolute atomic E-state index is 8.78. The lowest BCUT2D eigenvalue weighted by atomic mass is 10.1. The van der Waals surface area contributed by atoms with E-state index in [1.54, 1.807) is 6.20 Å². The Morgan fingerprint density at radius 2 is 2.17 bits per heavy atom. The van der Waals surface area contributed by atoms with Crippen LogP contribution in [-0.4, -0.2) is 29.1 Å². The molecule has 5 nitrogen and oxygen atoms in total. The van der Waals surface area contributed by atoms with Crippen molar-refractivity contribution in [1.82, 2.24) is 4.98 Å². The van der Waals surface area contributed by atoms with Crippen LogP contribution in [0, 0.1) is 5.41 Å². The van der Waals surface area contributed by atoms with Gasteiger partial charge in [-0.1, -0.05) is 12.1 Å². The van der Waals surface area contributed by atoms with E-state index < -0.39 is 0 Å². The molecule has 18 heavy (non-hydrogen) atoms. The van der Waals surface area contributed by atoms with Crippen LogP contribution in [0.15, 0.2) is 30.5 Å². The van der Waals surface area contributed by atoms with E-state index in [1.165, 1.54) is 0 Å². The highest BCUT2D eigenvalue weighted by Crippen LogP contribution is 2.28. The fraction of sp³-hybridized carbons (Fsp3) is 0.231. The Balaban J connectivity index is 2.48. The monoisotopic (exact) mass is 245 g/mol. The summed E-state index contributed by atoms with van der Waals surface area (Å²) in [6.45, 7) is 0.448. The van der Waals surface area contributed by atoms with Crippen molar-refractivity contribution >= 4 is 16.7 Å². The number of nitrogens with one attached hydrogen (secondary N) is 1. The first kappa shape index (κ1) is 12.3. The molecule has 1 aromatic heterocycles. The van der Waals surface area contributed by atoms with Crippen LogP contribution in [0.5, 0.6) is 5.75 Å². The third-order valence-corrected chi connectivity index (χ3v) is 2.57. The zero-order valence-electron chi connectivity index (χ0n) is 9.89. The van der Waals surface area contributed by atoms with Crippen LogP contribution in [0.4, 0.5) is 0 Å². The third kappa shape index (κ3) is 2.41. The zero-order chi connectivity index (χ0) is 13.0. The quantitative estimate of drug-likeness (QED) is 0.420. The molecule has 5 heteroatoms. The second kappa shape index (κ2) is 5.46. The summed E-state index contributed by atoms with van der Waals surface area (Å²) in [6.07, 6.45) is 2.08. The molecule has 94 valence electrons. The van der Waals surface area contributed by atoms with E-state index in [4.69, 9.17) is 21.0 Å². The number of ether oxygens (including phenoxy) is 1. The molecule has 0 fully saturated rings. The molecule has 0 aliphatic rings. The smallest absolute Gasteiger partial charge is 0.141 e. The van der Waals surface area contributed by atoms with E-state index in [0.717, 1.165) is 10.9 Å². The molecule has 2 aromatic rings. The molecule has 0 saturated heterocycles. The highest BCUT2D eigenvalue weighted by Gasteiger charge is 2.12. The van der Waals surface area contributed by atoms with Crippen LogP contribution < -0.4 is 10.5 Å². The highest BCUT2D eigenvalue weighted by molar-refractivity contribution is 6.02. The Morgan fingerprint density at radius 1 is 1.39 bits per heavy atom. The molecule has 2 rings (SSSR count). The first-order valence-electron chi connectivity index (χ1n) is 5.70. The normalized spacial score (nSPS) is 10.5. The van der Waals surface area contributed by atoms with Gasteiger partial charge in [0.1, 0.15) is 11.6 Å². The topological polar surface area (TPSA) is 92.2 Å². The van der Waals surface area contributed by atoms with Crippen LogP contribution in [0.2, 0.25) is 0 Å². The van der Waals surface area contributed by atoms with Gasteiger partial charge in [0.15, 0.2) is 0 Å². The first-order valence-corrected chi connectivity index (χ1v) is 5.70. The predicted molar refractivity (Wildman–Crippen MR) is 70.0 cm³/mol. The summed E-state index contributed by atoms with van der Waals surface area (Å²) in [5, 5.41) is 17.1. The van der Waals surface area contributed by atoms with Crippen LogP contribution in [0.3, 0.4) is 0 Å². The third-order valence-electron chi connectivity index (χ3n) is 2.57. The molecular weight excluding hydrogens is 230 g/mol. The van der Waals surface area contributed by atoms with Crippen molar-refractivity contribution in [3.63, 3.8) is 0 Å². The van der Waals surface area contributed by atoms with E-state index in [-0.39, 0.29) is 12.4 Å². The number of hydrogen-bond donors (Lipinski definition) is 3. The molecule has 0 radical (unpaired) electrons. The van der Waals surface area contributed by atoms with Crippen molar-refractivity contribution in [2.75, 3.05) is 13.2 Å². The average molecular weight is 245 g/mol. The van der Waals surface area contributed by atoms with Gasteiger partial charge in [-0.05, 0) is 12.1 Å². The minimum atomic E-state index is -0.0766. The number of nitrogens with two attached hydrogens (primary N) is 1. The Morgan fingerprint density at radius 3 is 2.89 bits per heavy atom. The van der Waals surface area contributed by atoms with E-state index >= 15 is 0 Å². The van der Waals surface area contributed by atoms with Crippen LogP contribution >= 0.6 is 0 Å². The summed E-state index contributed by atoms with van der Waals surface area (Å²) in [5.41, 5.74) is 6.80. The SMILES string of the molecule is N=C(N)c1cnc2ccccc2c1OCCCO.